The third kappa shape index (κ3) is 4.52. The number of hydrogen-bond donors (Lipinski definition) is 0. The van der Waals surface area contributed by atoms with E-state index in [1.165, 1.54) is 18.7 Å². The van der Waals surface area contributed by atoms with E-state index in [9.17, 15) is 18.0 Å². The van der Waals surface area contributed by atoms with Crippen molar-refractivity contribution in [3.8, 4) is 11.4 Å². The molecule has 1 aliphatic carbocycles. The second kappa shape index (κ2) is 8.85. The number of esters is 1. The molecule has 31 heavy (non-hydrogen) atoms. The topological polar surface area (TPSA) is 55.3 Å². The highest BCUT2D eigenvalue weighted by Crippen LogP contribution is 2.39. The predicted octanol–water partition coefficient (Wildman–Crippen LogP) is 5.50. The molecule has 1 aliphatic heterocycles. The molecule has 2 atom stereocenters. The van der Waals surface area contributed by atoms with E-state index < -0.39 is 17.7 Å². The lowest BCUT2D eigenvalue weighted by molar-refractivity contribution is -0.137. The van der Waals surface area contributed by atoms with Crippen LogP contribution in [-0.2, 0) is 10.9 Å². The van der Waals surface area contributed by atoms with E-state index in [0.29, 0.717) is 11.7 Å². The molecule has 1 aromatic heterocycles. The van der Waals surface area contributed by atoms with Crippen LogP contribution in [0.1, 0.15) is 61.4 Å². The number of benzene rings is 1. The van der Waals surface area contributed by atoms with Crippen molar-refractivity contribution in [1.29, 1.82) is 0 Å². The van der Waals surface area contributed by atoms with Gasteiger partial charge in [0.05, 0.1) is 12.2 Å². The van der Waals surface area contributed by atoms with Crippen molar-refractivity contribution < 1.29 is 22.7 Å². The molecule has 0 bridgehead atoms. The SMILES string of the molecule is CCOC(=O)c1cnc(-c2cccc(C(F)(F)F)c2)nc1N1CCCC2CCCCC21. The summed E-state index contributed by atoms with van der Waals surface area (Å²) in [4.78, 5) is 23.6. The molecule has 0 spiro atoms. The molecule has 4 rings (SSSR count). The second-order valence-electron chi connectivity index (χ2n) is 8.18. The van der Waals surface area contributed by atoms with Gasteiger partial charge in [0, 0.05) is 24.3 Å². The van der Waals surface area contributed by atoms with Crippen LogP contribution in [0.25, 0.3) is 11.4 Å². The van der Waals surface area contributed by atoms with Crippen LogP contribution in [0.3, 0.4) is 0 Å². The summed E-state index contributed by atoms with van der Waals surface area (Å²) in [5.41, 5.74) is -0.220. The Hall–Kier alpha value is -2.64. The molecule has 1 aromatic carbocycles. The van der Waals surface area contributed by atoms with E-state index in [-0.39, 0.29) is 29.6 Å². The van der Waals surface area contributed by atoms with E-state index >= 15 is 0 Å². The summed E-state index contributed by atoms with van der Waals surface area (Å²) in [6, 6.07) is 5.24. The number of halogens is 3. The van der Waals surface area contributed by atoms with Gasteiger partial charge < -0.3 is 9.64 Å². The second-order valence-corrected chi connectivity index (χ2v) is 8.18. The van der Waals surface area contributed by atoms with Crippen molar-refractivity contribution in [1.82, 2.24) is 9.97 Å². The van der Waals surface area contributed by atoms with Crippen molar-refractivity contribution >= 4 is 11.8 Å². The highest BCUT2D eigenvalue weighted by Gasteiger charge is 2.36. The first kappa shape index (κ1) is 21.6. The predicted molar refractivity (Wildman–Crippen MR) is 111 cm³/mol. The zero-order valence-electron chi connectivity index (χ0n) is 17.5. The number of carbonyl (C=O) groups excluding carboxylic acids is 1. The van der Waals surface area contributed by atoms with E-state index in [4.69, 9.17) is 4.74 Å². The average Bonchev–Trinajstić information content (AvgIpc) is 2.78. The van der Waals surface area contributed by atoms with E-state index in [2.05, 4.69) is 14.9 Å². The summed E-state index contributed by atoms with van der Waals surface area (Å²) in [5, 5.41) is 0. The van der Waals surface area contributed by atoms with E-state index in [1.807, 2.05) is 0 Å². The van der Waals surface area contributed by atoms with E-state index in [1.54, 1.807) is 13.0 Å². The van der Waals surface area contributed by atoms with Gasteiger partial charge >= 0.3 is 12.1 Å². The van der Waals surface area contributed by atoms with Crippen LogP contribution < -0.4 is 4.90 Å². The molecule has 1 saturated heterocycles. The number of fused-ring (bicyclic) bond motifs is 1. The summed E-state index contributed by atoms with van der Waals surface area (Å²) in [5.74, 6) is 0.681. The van der Waals surface area contributed by atoms with Crippen LogP contribution in [0, 0.1) is 5.92 Å². The number of rotatable bonds is 4. The van der Waals surface area contributed by atoms with Crippen molar-refractivity contribution in [2.24, 2.45) is 5.92 Å². The molecule has 0 N–H and O–H groups in total. The highest BCUT2D eigenvalue weighted by molar-refractivity contribution is 5.95. The van der Waals surface area contributed by atoms with Crippen molar-refractivity contribution in [2.45, 2.75) is 57.7 Å². The van der Waals surface area contributed by atoms with Gasteiger partial charge in [-0.05, 0) is 50.7 Å². The van der Waals surface area contributed by atoms with Gasteiger partial charge in [-0.2, -0.15) is 13.2 Å². The molecule has 2 unspecified atom stereocenters. The first-order chi connectivity index (χ1) is 14.9. The van der Waals surface area contributed by atoms with Crippen LogP contribution in [0.2, 0.25) is 0 Å². The van der Waals surface area contributed by atoms with Gasteiger partial charge in [0.2, 0.25) is 0 Å². The van der Waals surface area contributed by atoms with Gasteiger partial charge in [-0.15, -0.1) is 0 Å². The summed E-state index contributed by atoms with van der Waals surface area (Å²) >= 11 is 0. The third-order valence-electron chi connectivity index (χ3n) is 6.23. The molecule has 5 nitrogen and oxygen atoms in total. The van der Waals surface area contributed by atoms with Crippen LogP contribution in [0.4, 0.5) is 19.0 Å². The molecule has 166 valence electrons. The maximum absolute atomic E-state index is 13.2. The van der Waals surface area contributed by atoms with Gasteiger partial charge in [-0.1, -0.05) is 25.0 Å². The number of ether oxygens (including phenoxy) is 1. The van der Waals surface area contributed by atoms with Gasteiger partial charge in [0.1, 0.15) is 11.4 Å². The monoisotopic (exact) mass is 433 g/mol. The number of carbonyl (C=O) groups is 1. The van der Waals surface area contributed by atoms with Gasteiger partial charge in [0.25, 0.3) is 0 Å². The minimum atomic E-state index is -4.45. The molecule has 2 heterocycles. The lowest BCUT2D eigenvalue weighted by atomic mass is 9.78. The number of hydrogen-bond acceptors (Lipinski definition) is 5. The van der Waals surface area contributed by atoms with Gasteiger partial charge in [-0.25, -0.2) is 14.8 Å². The zero-order valence-corrected chi connectivity index (χ0v) is 17.5. The summed E-state index contributed by atoms with van der Waals surface area (Å²) in [6.45, 7) is 2.71. The fourth-order valence-corrected chi connectivity index (χ4v) is 4.81. The minimum absolute atomic E-state index is 0.173. The largest absolute Gasteiger partial charge is 0.462 e. The van der Waals surface area contributed by atoms with Gasteiger partial charge in [-0.3, -0.25) is 0 Å². The van der Waals surface area contributed by atoms with Crippen LogP contribution >= 0.6 is 0 Å². The maximum Gasteiger partial charge on any atom is 0.416 e. The van der Waals surface area contributed by atoms with Crippen LogP contribution in [0.5, 0.6) is 0 Å². The number of nitrogens with zero attached hydrogens (tertiary/aromatic N) is 3. The van der Waals surface area contributed by atoms with Crippen molar-refractivity contribution in [2.75, 3.05) is 18.1 Å². The molecule has 2 fully saturated rings. The Morgan fingerprint density at radius 2 is 1.97 bits per heavy atom. The van der Waals surface area contributed by atoms with Crippen LogP contribution in [0.15, 0.2) is 30.5 Å². The maximum atomic E-state index is 13.2. The Morgan fingerprint density at radius 3 is 2.74 bits per heavy atom. The Labute approximate surface area is 179 Å². The Balaban J connectivity index is 1.77. The fourth-order valence-electron chi connectivity index (χ4n) is 4.81. The molecule has 8 heteroatoms. The Bertz CT molecular complexity index is 946. The third-order valence-corrected chi connectivity index (χ3v) is 6.23. The molecule has 2 aliphatic rings. The minimum Gasteiger partial charge on any atom is -0.462 e. The first-order valence-electron chi connectivity index (χ1n) is 10.9. The lowest BCUT2D eigenvalue weighted by Gasteiger charge is -2.45. The molecular weight excluding hydrogens is 407 g/mol. The normalized spacial score (nSPS) is 21.5. The molecular formula is C23H26F3N3O2. The van der Waals surface area contributed by atoms with Crippen LogP contribution in [-0.4, -0.2) is 35.1 Å². The number of piperidine rings is 1. The summed E-state index contributed by atoms with van der Waals surface area (Å²) in [7, 11) is 0. The zero-order chi connectivity index (χ0) is 22.0. The molecule has 0 radical (unpaired) electrons. The fraction of sp³-hybridized carbons (Fsp3) is 0.522. The number of aromatic nitrogens is 2. The highest BCUT2D eigenvalue weighted by atomic mass is 19.4. The smallest absolute Gasteiger partial charge is 0.416 e. The number of anilines is 1. The molecule has 2 aromatic rings. The van der Waals surface area contributed by atoms with E-state index in [0.717, 1.165) is 50.8 Å². The summed E-state index contributed by atoms with van der Waals surface area (Å²) < 4.78 is 44.8. The standard InChI is InChI=1S/C23H26F3N3O2/c1-2-31-22(30)18-14-27-20(16-8-5-10-17(13-16)23(24,25)26)28-21(18)29-12-6-9-15-7-3-4-11-19(15)29/h5,8,10,13-15,19H,2-4,6-7,9,11-12H2,1H3. The number of alkyl halides is 3. The van der Waals surface area contributed by atoms with Gasteiger partial charge in [0.15, 0.2) is 5.82 Å². The van der Waals surface area contributed by atoms with Crippen molar-refractivity contribution in [3.63, 3.8) is 0 Å². The quantitative estimate of drug-likeness (QED) is 0.596. The Morgan fingerprint density at radius 1 is 1.19 bits per heavy atom. The molecule has 1 saturated carbocycles. The first-order valence-corrected chi connectivity index (χ1v) is 10.9. The molecule has 0 amide bonds. The Kier molecular flexibility index (Phi) is 6.16. The van der Waals surface area contributed by atoms with Crippen molar-refractivity contribution in [3.05, 3.63) is 41.6 Å². The lowest BCUT2D eigenvalue weighted by Crippen LogP contribution is -2.48. The average molecular weight is 433 g/mol. The summed E-state index contributed by atoms with van der Waals surface area (Å²) in [6.07, 6.45) is 3.59.